The van der Waals surface area contributed by atoms with Crippen molar-refractivity contribution < 1.29 is 32.1 Å². The average Bonchev–Trinajstić information content (AvgIpc) is 3.69. The van der Waals surface area contributed by atoms with Gasteiger partial charge < -0.3 is 19.4 Å². The van der Waals surface area contributed by atoms with Crippen molar-refractivity contribution in [3.63, 3.8) is 0 Å². The second kappa shape index (κ2) is 16.0. The predicted molar refractivity (Wildman–Crippen MR) is 205 cm³/mol. The summed E-state index contributed by atoms with van der Waals surface area (Å²) in [4.78, 5) is 42.1. The summed E-state index contributed by atoms with van der Waals surface area (Å²) in [6, 6.07) is 3.18. The van der Waals surface area contributed by atoms with E-state index < -0.39 is 31.5 Å². The molecule has 2 N–H and O–H groups in total. The molecule has 0 bridgehead atoms. The average molecular weight is 785 g/mol. The quantitative estimate of drug-likeness (QED) is 0.129. The highest BCUT2D eigenvalue weighted by Crippen LogP contribution is 2.55. The normalized spacial score (nSPS) is 16.1. The summed E-state index contributed by atoms with van der Waals surface area (Å²) in [5.41, 5.74) is 1.58. The van der Waals surface area contributed by atoms with Crippen molar-refractivity contribution in [1.29, 1.82) is 0 Å². The number of thiazole rings is 1. The minimum atomic E-state index is -4.15. The SMILES string of the molecule is CCNC(=O)Nc1cc(-c2nc(C3CC3)cs2)c(-c2cc(-c3nn(COP(=O)(OC(C)(C)C)OC(C)(C)C)c(=O)o3)cnc2OC2CCN(C)CC2)cn1. The summed E-state index contributed by atoms with van der Waals surface area (Å²) < 4.78 is 43.6. The van der Waals surface area contributed by atoms with Crippen LogP contribution in [0.4, 0.5) is 10.6 Å². The van der Waals surface area contributed by atoms with Gasteiger partial charge in [0.25, 0.3) is 5.89 Å². The highest BCUT2D eigenvalue weighted by Gasteiger charge is 2.38. The van der Waals surface area contributed by atoms with Gasteiger partial charge in [0.2, 0.25) is 5.88 Å². The first-order chi connectivity index (χ1) is 25.5. The van der Waals surface area contributed by atoms with Gasteiger partial charge in [0.15, 0.2) is 6.73 Å². The first-order valence-corrected chi connectivity index (χ1v) is 20.4. The van der Waals surface area contributed by atoms with E-state index >= 15 is 0 Å². The maximum atomic E-state index is 13.6. The van der Waals surface area contributed by atoms with E-state index in [0.29, 0.717) is 40.9 Å². The number of nitrogens with one attached hydrogen (secondary N) is 2. The van der Waals surface area contributed by atoms with E-state index in [1.165, 1.54) is 17.5 Å². The van der Waals surface area contributed by atoms with E-state index in [-0.39, 0.29) is 18.0 Å². The lowest BCUT2D eigenvalue weighted by molar-refractivity contribution is -0.00827. The molecule has 2 fully saturated rings. The van der Waals surface area contributed by atoms with Gasteiger partial charge in [-0.05, 0) is 93.3 Å². The number of phosphoric acid groups is 1. The molecule has 0 atom stereocenters. The standard InChI is InChI=1S/C36H49N8O8PS/c1-9-37-33(45)41-29-17-26(32-40-28(20-54-32)22-10-11-22)27(19-38-29)25-16-23(18-39-31(25)49-24-12-14-43(8)15-13-24)30-42-44(34(46)50-30)21-48-53(47,51-35(2,3)4)52-36(5,6)7/h16-20,22,24H,9-15,21H2,1-8H3,(H2,37,38,41,45). The van der Waals surface area contributed by atoms with Gasteiger partial charge in [0.05, 0.1) is 22.5 Å². The molecule has 0 unspecified atom stereocenters. The van der Waals surface area contributed by atoms with Crippen LogP contribution in [0.1, 0.15) is 85.8 Å². The van der Waals surface area contributed by atoms with Crippen LogP contribution in [-0.2, 0) is 24.9 Å². The molecule has 1 saturated heterocycles. The number of pyridine rings is 2. The fourth-order valence-electron chi connectivity index (χ4n) is 5.70. The zero-order valence-electron chi connectivity index (χ0n) is 32.0. The minimum Gasteiger partial charge on any atom is -0.474 e. The topological polar surface area (TPSA) is 185 Å². The number of amides is 2. The molecule has 4 aromatic heterocycles. The Bertz CT molecular complexity index is 2040. The molecule has 0 radical (unpaired) electrons. The number of piperidine rings is 1. The number of ether oxygens (including phenoxy) is 1. The molecule has 1 saturated carbocycles. The van der Waals surface area contributed by atoms with E-state index in [9.17, 15) is 14.2 Å². The molecule has 54 heavy (non-hydrogen) atoms. The van der Waals surface area contributed by atoms with Gasteiger partial charge in [-0.3, -0.25) is 18.9 Å². The lowest BCUT2D eigenvalue weighted by atomic mass is 10.0. The summed E-state index contributed by atoms with van der Waals surface area (Å²) in [5, 5.41) is 12.7. The third kappa shape index (κ3) is 10.4. The van der Waals surface area contributed by atoms with Crippen molar-refractivity contribution in [2.75, 3.05) is 32.0 Å². The van der Waals surface area contributed by atoms with Crippen LogP contribution in [0.3, 0.4) is 0 Å². The number of carbonyl (C=O) groups is 1. The second-order valence-electron chi connectivity index (χ2n) is 15.4. The van der Waals surface area contributed by atoms with Crippen LogP contribution < -0.4 is 21.1 Å². The number of hydrogen-bond donors (Lipinski definition) is 2. The molecule has 1 aliphatic carbocycles. The van der Waals surface area contributed by atoms with Crippen LogP contribution in [0.5, 0.6) is 5.88 Å². The molecule has 16 nitrogen and oxygen atoms in total. The monoisotopic (exact) mass is 784 g/mol. The Hall–Kier alpha value is -3.99. The number of likely N-dealkylation sites (tertiary alicyclic amines) is 1. The molecule has 1 aliphatic heterocycles. The van der Waals surface area contributed by atoms with Gasteiger partial charge in [-0.25, -0.2) is 29.1 Å². The van der Waals surface area contributed by atoms with Gasteiger partial charge in [0.1, 0.15) is 16.9 Å². The largest absolute Gasteiger partial charge is 0.477 e. The highest BCUT2D eigenvalue weighted by atomic mass is 32.1. The van der Waals surface area contributed by atoms with Crippen LogP contribution in [0, 0.1) is 0 Å². The second-order valence-corrected chi connectivity index (χ2v) is 17.8. The number of anilines is 1. The Morgan fingerprint density at radius 2 is 1.70 bits per heavy atom. The smallest absolute Gasteiger partial charge is 0.474 e. The molecule has 0 spiro atoms. The molecule has 0 aromatic carbocycles. The lowest BCUT2D eigenvalue weighted by Gasteiger charge is -2.30. The molecule has 2 aliphatic rings. The number of urea groups is 1. The van der Waals surface area contributed by atoms with Gasteiger partial charge in [-0.15, -0.1) is 16.4 Å². The van der Waals surface area contributed by atoms with Crippen LogP contribution in [0.25, 0.3) is 33.2 Å². The van der Waals surface area contributed by atoms with E-state index in [0.717, 1.165) is 59.7 Å². The zero-order valence-corrected chi connectivity index (χ0v) is 33.7. The molecular weight excluding hydrogens is 735 g/mol. The Kier molecular flexibility index (Phi) is 11.8. The van der Waals surface area contributed by atoms with Crippen molar-refractivity contribution >= 4 is 31.0 Å². The van der Waals surface area contributed by atoms with Gasteiger partial charge in [-0.2, -0.15) is 4.68 Å². The zero-order chi connectivity index (χ0) is 38.8. The predicted octanol–water partition coefficient (Wildman–Crippen LogP) is 7.29. The summed E-state index contributed by atoms with van der Waals surface area (Å²) in [6.07, 6.45) is 6.94. The Morgan fingerprint density at radius 1 is 1.00 bits per heavy atom. The van der Waals surface area contributed by atoms with E-state index in [2.05, 4.69) is 38.0 Å². The number of phosphoric ester groups is 1. The summed E-state index contributed by atoms with van der Waals surface area (Å²) in [6.45, 7) is 13.8. The van der Waals surface area contributed by atoms with Gasteiger partial charge in [-0.1, -0.05) is 0 Å². The maximum Gasteiger partial charge on any atom is 0.477 e. The molecule has 6 rings (SSSR count). The third-order valence-corrected chi connectivity index (χ3v) is 11.1. The first kappa shape index (κ1) is 39.7. The minimum absolute atomic E-state index is 0.0548. The lowest BCUT2D eigenvalue weighted by Crippen LogP contribution is -2.35. The Labute approximate surface area is 318 Å². The maximum absolute atomic E-state index is 13.6. The molecule has 292 valence electrons. The third-order valence-electron chi connectivity index (χ3n) is 8.28. The van der Waals surface area contributed by atoms with Crippen LogP contribution in [-0.4, -0.2) is 79.7 Å². The fraction of sp³-hybridized carbons (Fsp3) is 0.556. The molecular formula is C36H49N8O8PS. The molecule has 18 heteroatoms. The molecule has 2 amide bonds. The van der Waals surface area contributed by atoms with Crippen molar-refractivity contribution in [2.45, 2.75) is 104 Å². The van der Waals surface area contributed by atoms with Crippen molar-refractivity contribution in [2.24, 2.45) is 0 Å². The fourth-order valence-corrected chi connectivity index (χ4v) is 8.37. The Balaban J connectivity index is 1.39. The van der Waals surface area contributed by atoms with Crippen LogP contribution in [0.15, 0.2) is 39.1 Å². The molecule has 5 heterocycles. The van der Waals surface area contributed by atoms with E-state index in [1.807, 2.05) is 6.92 Å². The number of aromatic nitrogens is 5. The van der Waals surface area contributed by atoms with Crippen molar-refractivity contribution in [1.82, 2.24) is 34.9 Å². The number of carbonyl (C=O) groups excluding carboxylic acids is 1. The number of hydrogen-bond acceptors (Lipinski definition) is 14. The van der Waals surface area contributed by atoms with E-state index in [1.54, 1.807) is 59.9 Å². The van der Waals surface area contributed by atoms with Crippen LogP contribution in [0.2, 0.25) is 0 Å². The number of nitrogens with zero attached hydrogens (tertiary/aromatic N) is 6. The van der Waals surface area contributed by atoms with Crippen LogP contribution >= 0.6 is 19.2 Å². The summed E-state index contributed by atoms with van der Waals surface area (Å²) >= 11 is 1.51. The van der Waals surface area contributed by atoms with Crippen molar-refractivity contribution in [3.05, 3.63) is 46.2 Å². The summed E-state index contributed by atoms with van der Waals surface area (Å²) in [5.74, 6) is 0.246. The van der Waals surface area contributed by atoms with Gasteiger partial charge >= 0.3 is 19.6 Å². The van der Waals surface area contributed by atoms with Gasteiger partial charge in [0, 0.05) is 60.0 Å². The number of rotatable bonds is 13. The highest BCUT2D eigenvalue weighted by molar-refractivity contribution is 7.48. The van der Waals surface area contributed by atoms with E-state index in [4.69, 9.17) is 32.7 Å². The van der Waals surface area contributed by atoms with Crippen molar-refractivity contribution in [3.8, 4) is 39.0 Å². The Morgan fingerprint density at radius 3 is 2.35 bits per heavy atom. The first-order valence-electron chi connectivity index (χ1n) is 18.1. The molecule has 4 aromatic rings. The summed E-state index contributed by atoms with van der Waals surface area (Å²) in [7, 11) is -2.07.